The number of fused-ring (bicyclic) bond motifs is 1. The fourth-order valence-electron chi connectivity index (χ4n) is 4.08. The van der Waals surface area contributed by atoms with E-state index in [0.29, 0.717) is 17.2 Å². The summed E-state index contributed by atoms with van der Waals surface area (Å²) >= 11 is 5.78. The third-order valence-corrected chi connectivity index (χ3v) is 6.40. The van der Waals surface area contributed by atoms with E-state index in [4.69, 9.17) is 17.0 Å². The van der Waals surface area contributed by atoms with Crippen molar-refractivity contribution in [2.45, 2.75) is 26.8 Å². The number of nitrogens with one attached hydrogen (secondary N) is 2. The number of nitrogens with zero attached hydrogens (tertiary/aromatic N) is 2. The molecule has 174 valence electrons. The quantitative estimate of drug-likeness (QED) is 0.514. The van der Waals surface area contributed by atoms with Crippen LogP contribution >= 0.6 is 12.2 Å². The SMILES string of the molecule is Cc1ccc(NC(=S)N(CCCN2CCOCC2)Cc2cc3ccc(C)cc3[nH]c2=O)cc1. The molecule has 1 aromatic heterocycles. The number of H-pyrrole nitrogens is 1. The Balaban J connectivity index is 1.50. The number of pyridine rings is 1. The molecule has 0 amide bonds. The summed E-state index contributed by atoms with van der Waals surface area (Å²) < 4.78 is 5.45. The number of anilines is 1. The maximum absolute atomic E-state index is 12.9. The monoisotopic (exact) mass is 464 g/mol. The summed E-state index contributed by atoms with van der Waals surface area (Å²) in [6.07, 6.45) is 0.959. The van der Waals surface area contributed by atoms with Crippen LogP contribution in [0.2, 0.25) is 0 Å². The molecule has 4 rings (SSSR count). The fraction of sp³-hybridized carbons (Fsp3) is 0.385. The van der Waals surface area contributed by atoms with Crippen molar-refractivity contribution in [2.75, 3.05) is 44.7 Å². The molecule has 7 heteroatoms. The standard InChI is InChI=1S/C26H32N4O2S/c1-19-5-8-23(9-6-19)27-26(33)30(11-3-10-29-12-14-32-15-13-29)18-22-17-21-7-4-20(2)16-24(21)28-25(22)31/h4-9,16-17H,3,10-15,18H2,1-2H3,(H,27,33)(H,28,31). The first kappa shape index (κ1) is 23.4. The number of morpholine rings is 1. The summed E-state index contributed by atoms with van der Waals surface area (Å²) in [5, 5.41) is 5.01. The fourth-order valence-corrected chi connectivity index (χ4v) is 4.36. The van der Waals surface area contributed by atoms with Gasteiger partial charge in [0, 0.05) is 42.9 Å². The van der Waals surface area contributed by atoms with Crippen molar-refractivity contribution in [1.29, 1.82) is 0 Å². The molecular formula is C26H32N4O2S. The highest BCUT2D eigenvalue weighted by Crippen LogP contribution is 2.16. The van der Waals surface area contributed by atoms with E-state index in [1.54, 1.807) is 0 Å². The van der Waals surface area contributed by atoms with Gasteiger partial charge in [-0.05, 0) is 67.7 Å². The average molecular weight is 465 g/mol. The summed E-state index contributed by atoms with van der Waals surface area (Å²) in [6, 6.07) is 16.3. The van der Waals surface area contributed by atoms with Gasteiger partial charge in [-0.1, -0.05) is 29.8 Å². The molecule has 33 heavy (non-hydrogen) atoms. The molecule has 1 aliphatic rings. The van der Waals surface area contributed by atoms with Crippen LogP contribution in [-0.4, -0.2) is 59.3 Å². The molecule has 1 fully saturated rings. The second kappa shape index (κ2) is 10.9. The number of aromatic nitrogens is 1. The van der Waals surface area contributed by atoms with Crippen LogP contribution in [0.5, 0.6) is 0 Å². The number of hydrogen-bond acceptors (Lipinski definition) is 4. The van der Waals surface area contributed by atoms with Crippen LogP contribution in [0.1, 0.15) is 23.1 Å². The Morgan fingerprint density at radius 3 is 2.58 bits per heavy atom. The Hall–Kier alpha value is -2.74. The lowest BCUT2D eigenvalue weighted by Gasteiger charge is -2.29. The molecule has 0 atom stereocenters. The lowest BCUT2D eigenvalue weighted by molar-refractivity contribution is 0.0367. The van der Waals surface area contributed by atoms with Gasteiger partial charge in [0.2, 0.25) is 0 Å². The van der Waals surface area contributed by atoms with Crippen molar-refractivity contribution in [3.8, 4) is 0 Å². The first-order chi connectivity index (χ1) is 16.0. The molecular weight excluding hydrogens is 432 g/mol. The summed E-state index contributed by atoms with van der Waals surface area (Å²) in [5.41, 5.74) is 4.79. The molecule has 1 aliphatic heterocycles. The number of benzene rings is 2. The third kappa shape index (κ3) is 6.41. The highest BCUT2D eigenvalue weighted by Gasteiger charge is 2.16. The average Bonchev–Trinajstić information content (AvgIpc) is 2.81. The number of rotatable bonds is 7. The van der Waals surface area contributed by atoms with Gasteiger partial charge in [0.15, 0.2) is 5.11 Å². The van der Waals surface area contributed by atoms with E-state index in [9.17, 15) is 4.79 Å². The van der Waals surface area contributed by atoms with Crippen molar-refractivity contribution in [1.82, 2.24) is 14.8 Å². The highest BCUT2D eigenvalue weighted by atomic mass is 32.1. The van der Waals surface area contributed by atoms with Crippen molar-refractivity contribution in [3.05, 3.63) is 75.6 Å². The van der Waals surface area contributed by atoms with Gasteiger partial charge in [0.05, 0.1) is 19.8 Å². The van der Waals surface area contributed by atoms with E-state index in [1.807, 2.05) is 31.2 Å². The summed E-state index contributed by atoms with van der Waals surface area (Å²) in [6.45, 7) is 9.82. The van der Waals surface area contributed by atoms with E-state index in [2.05, 4.69) is 51.3 Å². The van der Waals surface area contributed by atoms with Crippen LogP contribution in [0, 0.1) is 13.8 Å². The number of aryl methyl sites for hydroxylation is 2. The minimum Gasteiger partial charge on any atom is -0.379 e. The van der Waals surface area contributed by atoms with Crippen molar-refractivity contribution < 1.29 is 4.74 Å². The van der Waals surface area contributed by atoms with E-state index in [-0.39, 0.29) is 5.56 Å². The summed E-state index contributed by atoms with van der Waals surface area (Å²) in [5.74, 6) is 0. The number of aromatic amines is 1. The zero-order valence-corrected chi connectivity index (χ0v) is 20.2. The van der Waals surface area contributed by atoms with Crippen LogP contribution in [0.3, 0.4) is 0 Å². The second-order valence-corrected chi connectivity index (χ2v) is 9.13. The molecule has 3 aromatic rings. The van der Waals surface area contributed by atoms with Gasteiger partial charge in [0.25, 0.3) is 5.56 Å². The molecule has 1 saturated heterocycles. The van der Waals surface area contributed by atoms with Crippen molar-refractivity contribution in [3.63, 3.8) is 0 Å². The Bertz CT molecular complexity index is 1150. The smallest absolute Gasteiger partial charge is 0.253 e. The van der Waals surface area contributed by atoms with E-state index in [0.717, 1.165) is 68.0 Å². The molecule has 0 saturated carbocycles. The zero-order chi connectivity index (χ0) is 23.2. The number of thiocarbonyl (C=S) groups is 1. The first-order valence-corrected chi connectivity index (χ1v) is 11.9. The maximum atomic E-state index is 12.9. The Morgan fingerprint density at radius 2 is 1.82 bits per heavy atom. The van der Waals surface area contributed by atoms with Gasteiger partial charge in [-0.3, -0.25) is 9.69 Å². The third-order valence-electron chi connectivity index (χ3n) is 6.04. The minimum absolute atomic E-state index is 0.0654. The van der Waals surface area contributed by atoms with Crippen LogP contribution in [0.15, 0.2) is 53.3 Å². The van der Waals surface area contributed by atoms with Crippen LogP contribution in [0.4, 0.5) is 5.69 Å². The molecule has 2 aromatic carbocycles. The largest absolute Gasteiger partial charge is 0.379 e. The van der Waals surface area contributed by atoms with Gasteiger partial charge in [0.1, 0.15) is 0 Å². The van der Waals surface area contributed by atoms with E-state index in [1.165, 1.54) is 5.56 Å². The van der Waals surface area contributed by atoms with Crippen LogP contribution < -0.4 is 10.9 Å². The minimum atomic E-state index is -0.0654. The molecule has 0 bridgehead atoms. The van der Waals surface area contributed by atoms with Gasteiger partial charge in [-0.15, -0.1) is 0 Å². The van der Waals surface area contributed by atoms with Gasteiger partial charge in [-0.2, -0.15) is 0 Å². The van der Waals surface area contributed by atoms with E-state index >= 15 is 0 Å². The molecule has 6 nitrogen and oxygen atoms in total. The predicted octanol–water partition coefficient (Wildman–Crippen LogP) is 4.07. The molecule has 0 radical (unpaired) electrons. The number of ether oxygens (including phenoxy) is 1. The Morgan fingerprint density at radius 1 is 1.09 bits per heavy atom. The van der Waals surface area contributed by atoms with Crippen molar-refractivity contribution in [2.24, 2.45) is 0 Å². The lowest BCUT2D eigenvalue weighted by Crippen LogP contribution is -2.40. The molecule has 2 heterocycles. The van der Waals surface area contributed by atoms with Crippen molar-refractivity contribution >= 4 is 33.9 Å². The number of hydrogen-bond donors (Lipinski definition) is 2. The molecule has 0 spiro atoms. The summed E-state index contributed by atoms with van der Waals surface area (Å²) in [4.78, 5) is 20.4. The Labute approximate surface area is 200 Å². The summed E-state index contributed by atoms with van der Waals surface area (Å²) in [7, 11) is 0. The molecule has 0 unspecified atom stereocenters. The molecule has 0 aliphatic carbocycles. The normalized spacial score (nSPS) is 14.4. The van der Waals surface area contributed by atoms with Gasteiger partial charge < -0.3 is 19.9 Å². The zero-order valence-electron chi connectivity index (χ0n) is 19.4. The maximum Gasteiger partial charge on any atom is 0.253 e. The van der Waals surface area contributed by atoms with Gasteiger partial charge >= 0.3 is 0 Å². The predicted molar refractivity (Wildman–Crippen MR) is 139 cm³/mol. The lowest BCUT2D eigenvalue weighted by atomic mass is 10.1. The second-order valence-electron chi connectivity index (χ2n) is 8.74. The van der Waals surface area contributed by atoms with Crippen LogP contribution in [0.25, 0.3) is 10.9 Å². The Kier molecular flexibility index (Phi) is 7.75. The van der Waals surface area contributed by atoms with Crippen LogP contribution in [-0.2, 0) is 11.3 Å². The highest BCUT2D eigenvalue weighted by molar-refractivity contribution is 7.80. The van der Waals surface area contributed by atoms with E-state index < -0.39 is 0 Å². The van der Waals surface area contributed by atoms with Gasteiger partial charge in [-0.25, -0.2) is 0 Å². The first-order valence-electron chi connectivity index (χ1n) is 11.5. The molecule has 2 N–H and O–H groups in total. The topological polar surface area (TPSA) is 60.6 Å².